The number of aromatic amines is 1. The number of H-pyrrole nitrogens is 1. The molecular formula is C14H17ClN4O2S. The number of rotatable bonds is 6. The normalized spacial score (nSPS) is 12.0. The van der Waals surface area contributed by atoms with Crippen LogP contribution in [0.5, 0.6) is 5.75 Å². The van der Waals surface area contributed by atoms with E-state index in [1.807, 2.05) is 11.5 Å². The zero-order chi connectivity index (χ0) is 16.1. The number of hydrogen-bond donors (Lipinski definition) is 2. The van der Waals surface area contributed by atoms with E-state index in [9.17, 15) is 4.79 Å². The zero-order valence-corrected chi connectivity index (χ0v) is 13.9. The van der Waals surface area contributed by atoms with E-state index in [1.54, 1.807) is 31.2 Å². The highest BCUT2D eigenvalue weighted by molar-refractivity contribution is 7.71. The first kappa shape index (κ1) is 16.5. The summed E-state index contributed by atoms with van der Waals surface area (Å²) in [6, 6.07) is 6.85. The number of nitrogens with one attached hydrogen (secondary N) is 2. The molecular weight excluding hydrogens is 324 g/mol. The molecule has 2 aromatic rings. The molecule has 0 radical (unpaired) electrons. The topological polar surface area (TPSA) is 71.9 Å². The summed E-state index contributed by atoms with van der Waals surface area (Å²) in [7, 11) is 0. The second-order valence-corrected chi connectivity index (χ2v) is 5.44. The first-order chi connectivity index (χ1) is 10.5. The van der Waals surface area contributed by atoms with Gasteiger partial charge in [-0.2, -0.15) is 5.10 Å². The third-order valence-corrected chi connectivity index (χ3v) is 3.63. The van der Waals surface area contributed by atoms with Crippen LogP contribution in [0.1, 0.15) is 19.7 Å². The first-order valence-corrected chi connectivity index (χ1v) is 7.64. The van der Waals surface area contributed by atoms with Crippen molar-refractivity contribution in [3.8, 4) is 5.75 Å². The number of benzene rings is 1. The summed E-state index contributed by atoms with van der Waals surface area (Å²) in [4.78, 5) is 12.1. The Bertz CT molecular complexity index is 696. The van der Waals surface area contributed by atoms with Crippen molar-refractivity contribution < 1.29 is 9.53 Å². The molecule has 0 saturated heterocycles. The number of aromatic nitrogens is 3. The lowest BCUT2D eigenvalue weighted by Gasteiger charge is -2.14. The van der Waals surface area contributed by atoms with E-state index in [2.05, 4.69) is 15.5 Å². The molecule has 0 bridgehead atoms. The molecule has 2 rings (SSSR count). The van der Waals surface area contributed by atoms with Gasteiger partial charge in [0.2, 0.25) is 0 Å². The molecule has 22 heavy (non-hydrogen) atoms. The smallest absolute Gasteiger partial charge is 0.261 e. The Labute approximate surface area is 138 Å². The Kier molecular flexibility index (Phi) is 5.57. The van der Waals surface area contributed by atoms with Crippen molar-refractivity contribution in [1.29, 1.82) is 0 Å². The Hall–Kier alpha value is -1.86. The fourth-order valence-electron chi connectivity index (χ4n) is 1.89. The largest absolute Gasteiger partial charge is 0.481 e. The van der Waals surface area contributed by atoms with Gasteiger partial charge in [0.05, 0.1) is 6.54 Å². The van der Waals surface area contributed by atoms with Crippen LogP contribution in [0.2, 0.25) is 5.02 Å². The number of hydrogen-bond acceptors (Lipinski definition) is 4. The molecule has 8 heteroatoms. The minimum absolute atomic E-state index is 0.230. The molecule has 0 aliphatic carbocycles. The number of halogens is 1. The number of amides is 1. The van der Waals surface area contributed by atoms with E-state index in [0.717, 1.165) is 0 Å². The van der Waals surface area contributed by atoms with Gasteiger partial charge in [-0.15, -0.1) is 0 Å². The van der Waals surface area contributed by atoms with Crippen molar-refractivity contribution >= 4 is 29.7 Å². The van der Waals surface area contributed by atoms with Crippen LogP contribution in [0.4, 0.5) is 0 Å². The first-order valence-electron chi connectivity index (χ1n) is 6.85. The SMILES string of the molecule is CCn1c(CNC(=O)C(C)Oc2ccc(Cl)cc2)n[nH]c1=S. The summed E-state index contributed by atoms with van der Waals surface area (Å²) in [6.07, 6.45) is -0.627. The minimum atomic E-state index is -0.627. The summed E-state index contributed by atoms with van der Waals surface area (Å²) in [5.41, 5.74) is 0. The zero-order valence-electron chi connectivity index (χ0n) is 12.3. The Morgan fingerprint density at radius 1 is 1.50 bits per heavy atom. The van der Waals surface area contributed by atoms with Gasteiger partial charge in [0.25, 0.3) is 5.91 Å². The standard InChI is InChI=1S/C14H17ClN4O2S/c1-3-19-12(17-18-14(19)22)8-16-13(20)9(2)21-11-6-4-10(15)5-7-11/h4-7,9H,3,8H2,1-2H3,(H,16,20)(H,18,22). The molecule has 1 aromatic carbocycles. The van der Waals surface area contributed by atoms with Crippen LogP contribution in [0.25, 0.3) is 0 Å². The molecule has 118 valence electrons. The lowest BCUT2D eigenvalue weighted by atomic mass is 10.3. The fourth-order valence-corrected chi connectivity index (χ4v) is 2.30. The van der Waals surface area contributed by atoms with Crippen molar-refractivity contribution in [2.24, 2.45) is 0 Å². The second kappa shape index (κ2) is 7.42. The van der Waals surface area contributed by atoms with E-state index in [0.29, 0.717) is 27.9 Å². The van der Waals surface area contributed by atoms with Gasteiger partial charge in [-0.3, -0.25) is 9.89 Å². The fraction of sp³-hybridized carbons (Fsp3) is 0.357. The van der Waals surface area contributed by atoms with Crippen molar-refractivity contribution in [2.75, 3.05) is 0 Å². The van der Waals surface area contributed by atoms with Crippen LogP contribution in [0, 0.1) is 4.77 Å². The maximum Gasteiger partial charge on any atom is 0.261 e. The van der Waals surface area contributed by atoms with E-state index in [4.69, 9.17) is 28.6 Å². The van der Waals surface area contributed by atoms with Crippen LogP contribution >= 0.6 is 23.8 Å². The lowest BCUT2D eigenvalue weighted by molar-refractivity contribution is -0.127. The van der Waals surface area contributed by atoms with Crippen molar-refractivity contribution in [2.45, 2.75) is 33.0 Å². The van der Waals surface area contributed by atoms with Gasteiger partial charge < -0.3 is 14.6 Å². The molecule has 0 fully saturated rings. The highest BCUT2D eigenvalue weighted by Crippen LogP contribution is 2.16. The van der Waals surface area contributed by atoms with Crippen LogP contribution in [0.3, 0.4) is 0 Å². The molecule has 1 aromatic heterocycles. The minimum Gasteiger partial charge on any atom is -0.481 e. The summed E-state index contributed by atoms with van der Waals surface area (Å²) in [5.74, 6) is 1.04. The molecule has 0 aliphatic heterocycles. The van der Waals surface area contributed by atoms with Crippen molar-refractivity contribution in [3.63, 3.8) is 0 Å². The maximum atomic E-state index is 12.1. The third kappa shape index (κ3) is 4.08. The Morgan fingerprint density at radius 3 is 2.82 bits per heavy atom. The van der Waals surface area contributed by atoms with E-state index < -0.39 is 6.10 Å². The van der Waals surface area contributed by atoms with Crippen LogP contribution in [-0.2, 0) is 17.9 Å². The lowest BCUT2D eigenvalue weighted by Crippen LogP contribution is -2.36. The van der Waals surface area contributed by atoms with E-state index in [1.165, 1.54) is 0 Å². The molecule has 1 heterocycles. The predicted molar refractivity (Wildman–Crippen MR) is 86.5 cm³/mol. The van der Waals surface area contributed by atoms with Crippen molar-refractivity contribution in [1.82, 2.24) is 20.1 Å². The average Bonchev–Trinajstić information content (AvgIpc) is 2.87. The van der Waals surface area contributed by atoms with Gasteiger partial charge in [-0.25, -0.2) is 0 Å². The molecule has 0 aliphatic rings. The molecule has 0 saturated carbocycles. The number of carbonyl (C=O) groups is 1. The average molecular weight is 341 g/mol. The van der Waals surface area contributed by atoms with Gasteiger partial charge >= 0.3 is 0 Å². The number of nitrogens with zero attached hydrogens (tertiary/aromatic N) is 2. The molecule has 6 nitrogen and oxygen atoms in total. The number of carbonyl (C=O) groups excluding carboxylic acids is 1. The van der Waals surface area contributed by atoms with Gasteiger partial charge in [0.1, 0.15) is 5.75 Å². The summed E-state index contributed by atoms with van der Waals surface area (Å²) in [6.45, 7) is 4.62. The summed E-state index contributed by atoms with van der Waals surface area (Å²) < 4.78 is 7.91. The molecule has 1 amide bonds. The van der Waals surface area contributed by atoms with Gasteiger partial charge in [-0.1, -0.05) is 11.6 Å². The van der Waals surface area contributed by atoms with Gasteiger partial charge in [0, 0.05) is 11.6 Å². The monoisotopic (exact) mass is 340 g/mol. The Balaban J connectivity index is 1.91. The Morgan fingerprint density at radius 2 is 2.18 bits per heavy atom. The van der Waals surface area contributed by atoms with E-state index >= 15 is 0 Å². The quantitative estimate of drug-likeness (QED) is 0.793. The molecule has 1 unspecified atom stereocenters. The highest BCUT2D eigenvalue weighted by atomic mass is 35.5. The van der Waals surface area contributed by atoms with Crippen molar-refractivity contribution in [3.05, 3.63) is 39.9 Å². The van der Waals surface area contributed by atoms with Gasteiger partial charge in [-0.05, 0) is 50.3 Å². The second-order valence-electron chi connectivity index (χ2n) is 4.62. The van der Waals surface area contributed by atoms with Crippen LogP contribution in [0.15, 0.2) is 24.3 Å². The molecule has 0 spiro atoms. The maximum absolute atomic E-state index is 12.1. The number of ether oxygens (including phenoxy) is 1. The summed E-state index contributed by atoms with van der Waals surface area (Å²) >= 11 is 10.9. The van der Waals surface area contributed by atoms with E-state index in [-0.39, 0.29) is 12.5 Å². The van der Waals surface area contributed by atoms with Gasteiger partial charge in [0.15, 0.2) is 16.7 Å². The molecule has 2 N–H and O–H groups in total. The van der Waals surface area contributed by atoms with Crippen LogP contribution in [-0.4, -0.2) is 26.8 Å². The summed E-state index contributed by atoms with van der Waals surface area (Å²) in [5, 5.41) is 10.2. The molecule has 1 atom stereocenters. The third-order valence-electron chi connectivity index (χ3n) is 3.07. The predicted octanol–water partition coefficient (Wildman–Crippen LogP) is 2.70. The highest BCUT2D eigenvalue weighted by Gasteiger charge is 2.15. The van der Waals surface area contributed by atoms with Crippen LogP contribution < -0.4 is 10.1 Å².